The summed E-state index contributed by atoms with van der Waals surface area (Å²) in [6.45, 7) is 16.0. The number of carbonyl (C=O) groups excluding carboxylic acids is 1. The average molecular weight is 441 g/mol. The van der Waals surface area contributed by atoms with E-state index >= 15 is 0 Å². The number of ether oxygens (including phenoxy) is 2. The molecule has 2 aliphatic heterocycles. The van der Waals surface area contributed by atoms with Gasteiger partial charge in [-0.2, -0.15) is 18.9 Å². The molecular formula is C19H34Cl2N2O5. The van der Waals surface area contributed by atoms with Gasteiger partial charge in [0, 0.05) is 47.8 Å². The van der Waals surface area contributed by atoms with Gasteiger partial charge in [0.1, 0.15) is 12.2 Å². The second-order valence-electron chi connectivity index (χ2n) is 10.5. The van der Waals surface area contributed by atoms with Crippen LogP contribution in [0.2, 0.25) is 0 Å². The third-order valence-corrected chi connectivity index (χ3v) is 6.05. The van der Waals surface area contributed by atoms with Gasteiger partial charge in [-0.3, -0.25) is 0 Å². The zero-order chi connectivity index (χ0) is 21.5. The fourth-order valence-corrected chi connectivity index (χ4v) is 5.93. The Hall–Kier alpha value is -0.310. The van der Waals surface area contributed by atoms with E-state index in [0.29, 0.717) is 25.7 Å². The summed E-state index contributed by atoms with van der Waals surface area (Å²) in [6, 6.07) is 0. The summed E-state index contributed by atoms with van der Waals surface area (Å²) >= 11 is 11.4. The third-order valence-electron chi connectivity index (χ3n) is 5.77. The van der Waals surface area contributed by atoms with Crippen molar-refractivity contribution >= 4 is 29.9 Å². The highest BCUT2D eigenvalue weighted by atomic mass is 35.5. The number of hydrogen-bond acceptors (Lipinski definition) is 7. The van der Waals surface area contributed by atoms with E-state index in [1.165, 1.54) is 0 Å². The summed E-state index contributed by atoms with van der Waals surface area (Å²) < 4.78 is 21.5. The van der Waals surface area contributed by atoms with Crippen LogP contribution in [-0.2, 0) is 18.3 Å². The largest absolute Gasteiger partial charge is 0.508 e. The van der Waals surface area contributed by atoms with Crippen molar-refractivity contribution in [1.82, 2.24) is 10.1 Å². The third kappa shape index (κ3) is 5.05. The van der Waals surface area contributed by atoms with Gasteiger partial charge < -0.3 is 9.47 Å². The molecule has 0 radical (unpaired) electrons. The Balaban J connectivity index is 2.01. The van der Waals surface area contributed by atoms with Gasteiger partial charge in [0.05, 0.1) is 23.7 Å². The number of hydrogen-bond donors (Lipinski definition) is 0. The Bertz CT molecular complexity index is 499. The van der Waals surface area contributed by atoms with E-state index in [2.05, 4.69) is 0 Å². The standard InChI is InChI=1S/C19H34Cl2N2O5/c1-16(2)9-13(10-17(3,4)22(16)27-20)25-15(24)26-14-11-18(5,6)23(28-21)19(7,8)12-14/h13-14H,9-12H2,1-8H3. The lowest BCUT2D eigenvalue weighted by Gasteiger charge is -2.52. The maximum absolute atomic E-state index is 12.5. The highest BCUT2D eigenvalue weighted by Gasteiger charge is 2.50. The van der Waals surface area contributed by atoms with Gasteiger partial charge in [0.15, 0.2) is 0 Å². The normalized spacial score (nSPS) is 28.1. The van der Waals surface area contributed by atoms with Crippen LogP contribution in [0.4, 0.5) is 4.79 Å². The maximum atomic E-state index is 12.5. The van der Waals surface area contributed by atoms with E-state index in [1.807, 2.05) is 55.4 Å². The van der Waals surface area contributed by atoms with Gasteiger partial charge in [-0.05, 0) is 55.4 Å². The SMILES string of the molecule is CC1(C)CC(OC(=O)OC2CC(C)(C)N(OCl)C(C)(C)C2)CC(C)(C)N1OCl. The van der Waals surface area contributed by atoms with E-state index in [0.717, 1.165) is 0 Å². The minimum absolute atomic E-state index is 0.284. The molecule has 0 bridgehead atoms. The first-order valence-electron chi connectivity index (χ1n) is 9.70. The van der Waals surface area contributed by atoms with Gasteiger partial charge >= 0.3 is 6.16 Å². The summed E-state index contributed by atoms with van der Waals surface area (Å²) in [5.74, 6) is 0. The number of carbonyl (C=O) groups is 1. The Kier molecular flexibility index (Phi) is 6.92. The molecule has 2 fully saturated rings. The van der Waals surface area contributed by atoms with Crippen LogP contribution >= 0.6 is 23.7 Å². The van der Waals surface area contributed by atoms with Crippen molar-refractivity contribution in [1.29, 1.82) is 0 Å². The Morgan fingerprint density at radius 3 is 1.14 bits per heavy atom. The number of piperidine rings is 2. The van der Waals surface area contributed by atoms with Crippen molar-refractivity contribution in [2.24, 2.45) is 0 Å². The van der Waals surface area contributed by atoms with E-state index < -0.39 is 6.16 Å². The number of nitrogens with zero attached hydrogens (tertiary/aromatic N) is 2. The van der Waals surface area contributed by atoms with Gasteiger partial charge in [-0.15, -0.1) is 0 Å². The van der Waals surface area contributed by atoms with E-state index in [1.54, 1.807) is 10.1 Å². The number of hydroxylamine groups is 4. The molecule has 2 aliphatic rings. The predicted molar refractivity (Wildman–Crippen MR) is 107 cm³/mol. The smallest absolute Gasteiger partial charge is 0.431 e. The molecule has 0 aliphatic carbocycles. The van der Waals surface area contributed by atoms with Crippen LogP contribution in [0.25, 0.3) is 0 Å². The van der Waals surface area contributed by atoms with Crippen LogP contribution in [0.1, 0.15) is 81.1 Å². The molecule has 0 aromatic rings. The average Bonchev–Trinajstić information content (AvgIpc) is 2.41. The molecule has 0 N–H and O–H groups in total. The molecule has 0 aromatic heterocycles. The predicted octanol–water partition coefficient (Wildman–Crippen LogP) is 5.35. The van der Waals surface area contributed by atoms with Gasteiger partial charge in [-0.25, -0.2) is 4.79 Å². The first-order chi connectivity index (χ1) is 12.6. The molecule has 0 saturated carbocycles. The Labute approximate surface area is 178 Å². The fourth-order valence-electron chi connectivity index (χ4n) is 5.18. The van der Waals surface area contributed by atoms with Crippen LogP contribution in [0, 0.1) is 0 Å². The molecule has 0 amide bonds. The van der Waals surface area contributed by atoms with E-state index in [9.17, 15) is 4.79 Å². The summed E-state index contributed by atoms with van der Waals surface area (Å²) in [5, 5.41) is 3.50. The second kappa shape index (κ2) is 8.08. The quantitative estimate of drug-likeness (QED) is 0.545. The van der Waals surface area contributed by atoms with Gasteiger partial charge in [0.25, 0.3) is 0 Å². The zero-order valence-corrected chi connectivity index (χ0v) is 19.7. The summed E-state index contributed by atoms with van der Waals surface area (Å²) in [6.07, 6.45) is 1.15. The molecule has 2 saturated heterocycles. The first kappa shape index (κ1) is 24.0. The molecule has 164 valence electrons. The summed E-state index contributed by atoms with van der Waals surface area (Å²) in [5.41, 5.74) is -1.55. The topological polar surface area (TPSA) is 60.5 Å². The van der Waals surface area contributed by atoms with Gasteiger partial charge in [-0.1, -0.05) is 0 Å². The molecule has 2 heterocycles. The Morgan fingerprint density at radius 2 is 0.929 bits per heavy atom. The van der Waals surface area contributed by atoms with Crippen LogP contribution in [0.15, 0.2) is 0 Å². The number of rotatable bonds is 4. The van der Waals surface area contributed by atoms with Crippen molar-refractivity contribution in [3.8, 4) is 0 Å². The molecule has 0 spiro atoms. The lowest BCUT2D eigenvalue weighted by molar-refractivity contribution is -0.240. The first-order valence-corrected chi connectivity index (χ1v) is 10.3. The minimum Gasteiger partial charge on any atom is -0.431 e. The highest BCUT2D eigenvalue weighted by Crippen LogP contribution is 2.42. The van der Waals surface area contributed by atoms with Crippen LogP contribution in [0.5, 0.6) is 0 Å². The molecule has 0 unspecified atom stereocenters. The molecule has 9 heteroatoms. The lowest BCUT2D eigenvalue weighted by Crippen LogP contribution is -2.61. The molecule has 0 aromatic carbocycles. The fraction of sp³-hybridized carbons (Fsp3) is 0.947. The summed E-state index contributed by atoms with van der Waals surface area (Å²) in [7, 11) is 0. The van der Waals surface area contributed by atoms with Crippen molar-refractivity contribution in [3.63, 3.8) is 0 Å². The molecule has 7 nitrogen and oxygen atoms in total. The van der Waals surface area contributed by atoms with E-state index in [4.69, 9.17) is 42.0 Å². The molecular weight excluding hydrogens is 407 g/mol. The van der Waals surface area contributed by atoms with E-state index in [-0.39, 0.29) is 34.4 Å². The van der Waals surface area contributed by atoms with Crippen molar-refractivity contribution in [2.75, 3.05) is 0 Å². The van der Waals surface area contributed by atoms with Crippen LogP contribution < -0.4 is 0 Å². The summed E-state index contributed by atoms with van der Waals surface area (Å²) in [4.78, 5) is 12.5. The zero-order valence-electron chi connectivity index (χ0n) is 18.2. The Morgan fingerprint density at radius 1 is 0.679 bits per heavy atom. The molecule has 2 rings (SSSR count). The van der Waals surface area contributed by atoms with Crippen molar-refractivity contribution < 1.29 is 23.0 Å². The second-order valence-corrected chi connectivity index (χ2v) is 10.8. The van der Waals surface area contributed by atoms with Crippen molar-refractivity contribution in [2.45, 2.75) is 115 Å². The lowest BCUT2D eigenvalue weighted by atomic mass is 9.80. The maximum Gasteiger partial charge on any atom is 0.508 e. The van der Waals surface area contributed by atoms with Crippen LogP contribution in [0.3, 0.4) is 0 Å². The molecule has 0 atom stereocenters. The van der Waals surface area contributed by atoms with Crippen molar-refractivity contribution in [3.05, 3.63) is 0 Å². The molecule has 28 heavy (non-hydrogen) atoms. The number of halogens is 2. The highest BCUT2D eigenvalue weighted by molar-refractivity contribution is 6.07. The van der Waals surface area contributed by atoms with Gasteiger partial charge in [0.2, 0.25) is 0 Å². The van der Waals surface area contributed by atoms with Crippen LogP contribution in [-0.4, -0.2) is 50.6 Å². The monoisotopic (exact) mass is 440 g/mol. The minimum atomic E-state index is -0.645.